The molecule has 118 valence electrons. The highest BCUT2D eigenvalue weighted by Crippen LogP contribution is 2.29. The van der Waals surface area contributed by atoms with Crippen LogP contribution in [0.1, 0.15) is 20.3 Å². The number of carbonyl (C=O) groups is 1. The molecule has 2 atom stereocenters. The number of hydrogen-bond acceptors (Lipinski definition) is 3. The lowest BCUT2D eigenvalue weighted by molar-refractivity contribution is -0.137. The normalized spacial score (nSPS) is 22.6. The highest BCUT2D eigenvalue weighted by atomic mass is 35.5. The molecule has 0 aromatic heterocycles. The van der Waals surface area contributed by atoms with E-state index in [1.807, 2.05) is 0 Å². The fraction of sp³-hybridized carbons (Fsp3) is 0.533. The fourth-order valence-corrected chi connectivity index (χ4v) is 2.42. The molecule has 2 rings (SSSR count). The van der Waals surface area contributed by atoms with Crippen LogP contribution in [0.3, 0.4) is 0 Å². The smallest absolute Gasteiger partial charge is 0.263 e. The van der Waals surface area contributed by atoms with E-state index in [1.165, 1.54) is 12.1 Å². The molecule has 1 aliphatic heterocycles. The van der Waals surface area contributed by atoms with Gasteiger partial charge in [0.15, 0.2) is 17.7 Å². The van der Waals surface area contributed by atoms with Gasteiger partial charge in [0.05, 0.1) is 0 Å². The lowest BCUT2D eigenvalue weighted by Gasteiger charge is -2.25. The van der Waals surface area contributed by atoms with Gasteiger partial charge in [-0.15, -0.1) is 12.4 Å². The Morgan fingerprint density at radius 1 is 1.52 bits per heavy atom. The van der Waals surface area contributed by atoms with Crippen molar-refractivity contribution >= 4 is 18.3 Å². The van der Waals surface area contributed by atoms with Gasteiger partial charge in [0.2, 0.25) is 0 Å². The number of likely N-dealkylation sites (tertiary alicyclic amines) is 1. The quantitative estimate of drug-likeness (QED) is 0.926. The minimum absolute atomic E-state index is 0. The minimum atomic E-state index is -0.702. The Balaban J connectivity index is 0.00000220. The van der Waals surface area contributed by atoms with Gasteiger partial charge in [-0.1, -0.05) is 19.1 Å². The highest BCUT2D eigenvalue weighted by Gasteiger charge is 2.36. The zero-order valence-corrected chi connectivity index (χ0v) is 13.2. The first-order valence-corrected chi connectivity index (χ1v) is 6.85. The lowest BCUT2D eigenvalue weighted by atomic mass is 9.90. The summed E-state index contributed by atoms with van der Waals surface area (Å²) in [7, 11) is 0. The zero-order valence-electron chi connectivity index (χ0n) is 12.3. The number of rotatable bonds is 4. The van der Waals surface area contributed by atoms with E-state index in [1.54, 1.807) is 24.0 Å². The molecule has 2 N–H and O–H groups in total. The molecular weight excluding hydrogens is 295 g/mol. The molecule has 1 heterocycles. The molecule has 1 saturated heterocycles. The van der Waals surface area contributed by atoms with Crippen LogP contribution in [0.15, 0.2) is 24.3 Å². The molecule has 1 aliphatic rings. The number of carbonyl (C=O) groups excluding carboxylic acids is 1. The maximum atomic E-state index is 13.5. The molecule has 1 fully saturated rings. The summed E-state index contributed by atoms with van der Waals surface area (Å²) in [5.74, 6) is -0.472. The van der Waals surface area contributed by atoms with Crippen LogP contribution in [0.25, 0.3) is 0 Å². The monoisotopic (exact) mass is 316 g/mol. The average molecular weight is 317 g/mol. The molecule has 2 unspecified atom stereocenters. The van der Waals surface area contributed by atoms with Crippen molar-refractivity contribution in [3.8, 4) is 5.75 Å². The molecule has 1 amide bonds. The van der Waals surface area contributed by atoms with Gasteiger partial charge >= 0.3 is 0 Å². The fourth-order valence-electron chi connectivity index (χ4n) is 2.42. The van der Waals surface area contributed by atoms with Crippen LogP contribution in [0, 0.1) is 11.2 Å². The van der Waals surface area contributed by atoms with Crippen molar-refractivity contribution in [1.82, 2.24) is 4.90 Å². The van der Waals surface area contributed by atoms with Crippen molar-refractivity contribution < 1.29 is 13.9 Å². The van der Waals surface area contributed by atoms with Crippen LogP contribution in [0.5, 0.6) is 5.75 Å². The van der Waals surface area contributed by atoms with E-state index >= 15 is 0 Å². The summed E-state index contributed by atoms with van der Waals surface area (Å²) in [6.07, 6.45) is 0.189. The van der Waals surface area contributed by atoms with Crippen LogP contribution >= 0.6 is 12.4 Å². The number of para-hydroxylation sites is 1. The van der Waals surface area contributed by atoms with E-state index in [2.05, 4.69) is 6.92 Å². The van der Waals surface area contributed by atoms with Gasteiger partial charge in [0, 0.05) is 13.1 Å². The molecular formula is C15H22ClFN2O2. The van der Waals surface area contributed by atoms with Gasteiger partial charge in [-0.3, -0.25) is 4.79 Å². The predicted molar refractivity (Wildman–Crippen MR) is 82.1 cm³/mol. The standard InChI is InChI=1S/C15H21FN2O2.ClH/c1-11(20-13-6-4-3-5-12(13)16)14(19)18-8-7-15(2,9-17)10-18;/h3-6,11H,7-10,17H2,1-2H3;1H. The van der Waals surface area contributed by atoms with Crippen LogP contribution < -0.4 is 10.5 Å². The van der Waals surface area contributed by atoms with Gasteiger partial charge in [-0.05, 0) is 37.4 Å². The Bertz CT molecular complexity index is 500. The summed E-state index contributed by atoms with van der Waals surface area (Å²) in [5, 5.41) is 0. The minimum Gasteiger partial charge on any atom is -0.478 e. The Kier molecular flexibility index (Phi) is 5.98. The number of nitrogens with two attached hydrogens (primary N) is 1. The first-order valence-electron chi connectivity index (χ1n) is 6.85. The number of ether oxygens (including phenoxy) is 1. The maximum Gasteiger partial charge on any atom is 0.263 e. The molecule has 1 aromatic rings. The summed E-state index contributed by atoms with van der Waals surface area (Å²) in [4.78, 5) is 14.1. The number of benzene rings is 1. The van der Waals surface area contributed by atoms with Crippen molar-refractivity contribution in [2.75, 3.05) is 19.6 Å². The Hall–Kier alpha value is -1.33. The van der Waals surface area contributed by atoms with Gasteiger partial charge in [0.1, 0.15) is 0 Å². The number of hydrogen-bond donors (Lipinski definition) is 1. The molecule has 21 heavy (non-hydrogen) atoms. The van der Waals surface area contributed by atoms with E-state index in [-0.39, 0.29) is 29.5 Å². The van der Waals surface area contributed by atoms with Crippen molar-refractivity contribution in [1.29, 1.82) is 0 Å². The number of halogens is 2. The van der Waals surface area contributed by atoms with Crippen LogP contribution in [0.2, 0.25) is 0 Å². The summed E-state index contributed by atoms with van der Waals surface area (Å²) >= 11 is 0. The molecule has 6 heteroatoms. The Morgan fingerprint density at radius 2 is 2.19 bits per heavy atom. The van der Waals surface area contributed by atoms with Crippen molar-refractivity contribution in [2.24, 2.45) is 11.1 Å². The third-order valence-corrected chi connectivity index (χ3v) is 3.85. The molecule has 0 saturated carbocycles. The first kappa shape index (κ1) is 17.7. The van der Waals surface area contributed by atoms with Gasteiger partial charge in [0.25, 0.3) is 5.91 Å². The summed E-state index contributed by atoms with van der Waals surface area (Å²) in [6, 6.07) is 6.10. The topological polar surface area (TPSA) is 55.6 Å². The third kappa shape index (κ3) is 4.08. The molecule has 0 bridgehead atoms. The van der Waals surface area contributed by atoms with Crippen LogP contribution in [0.4, 0.5) is 4.39 Å². The van der Waals surface area contributed by atoms with E-state index in [4.69, 9.17) is 10.5 Å². The second-order valence-electron chi connectivity index (χ2n) is 5.72. The molecule has 0 spiro atoms. The second-order valence-corrected chi connectivity index (χ2v) is 5.72. The van der Waals surface area contributed by atoms with E-state index in [0.717, 1.165) is 6.42 Å². The predicted octanol–water partition coefficient (Wildman–Crippen LogP) is 2.21. The molecule has 0 aliphatic carbocycles. The molecule has 4 nitrogen and oxygen atoms in total. The van der Waals surface area contributed by atoms with Gasteiger partial charge in [-0.25, -0.2) is 4.39 Å². The highest BCUT2D eigenvalue weighted by molar-refractivity contribution is 5.85. The number of nitrogens with zero attached hydrogens (tertiary/aromatic N) is 1. The largest absolute Gasteiger partial charge is 0.478 e. The lowest BCUT2D eigenvalue weighted by Crippen LogP contribution is -2.41. The Labute approximate surface area is 130 Å². The van der Waals surface area contributed by atoms with E-state index in [9.17, 15) is 9.18 Å². The van der Waals surface area contributed by atoms with Gasteiger partial charge in [-0.2, -0.15) is 0 Å². The maximum absolute atomic E-state index is 13.5. The summed E-state index contributed by atoms with van der Waals surface area (Å²) in [6.45, 7) is 5.58. The molecule has 0 radical (unpaired) electrons. The van der Waals surface area contributed by atoms with E-state index in [0.29, 0.717) is 19.6 Å². The van der Waals surface area contributed by atoms with E-state index < -0.39 is 11.9 Å². The molecule has 1 aromatic carbocycles. The van der Waals surface area contributed by atoms with Crippen LogP contribution in [-0.2, 0) is 4.79 Å². The van der Waals surface area contributed by atoms with Crippen molar-refractivity contribution in [3.05, 3.63) is 30.1 Å². The average Bonchev–Trinajstić information content (AvgIpc) is 2.84. The van der Waals surface area contributed by atoms with Gasteiger partial charge < -0.3 is 15.4 Å². The summed E-state index contributed by atoms with van der Waals surface area (Å²) < 4.78 is 18.9. The Morgan fingerprint density at radius 3 is 2.76 bits per heavy atom. The number of amides is 1. The van der Waals surface area contributed by atoms with Crippen molar-refractivity contribution in [2.45, 2.75) is 26.4 Å². The second kappa shape index (κ2) is 7.09. The van der Waals surface area contributed by atoms with Crippen molar-refractivity contribution in [3.63, 3.8) is 0 Å². The third-order valence-electron chi connectivity index (χ3n) is 3.85. The summed E-state index contributed by atoms with van der Waals surface area (Å²) in [5.41, 5.74) is 5.71. The van der Waals surface area contributed by atoms with Crippen LogP contribution in [-0.4, -0.2) is 36.5 Å². The zero-order chi connectivity index (χ0) is 14.8. The first-order chi connectivity index (χ1) is 9.45. The SMILES string of the molecule is CC(Oc1ccccc1F)C(=O)N1CCC(C)(CN)C1.Cl.